The van der Waals surface area contributed by atoms with Gasteiger partial charge in [0.05, 0.1) is 15.4 Å². The van der Waals surface area contributed by atoms with E-state index in [0.29, 0.717) is 17.9 Å². The van der Waals surface area contributed by atoms with Gasteiger partial charge in [-0.3, -0.25) is 20.2 Å². The van der Waals surface area contributed by atoms with Gasteiger partial charge in [0, 0.05) is 23.9 Å². The number of nitro groups is 2. The minimum atomic E-state index is -4.92. The first kappa shape index (κ1) is 18.0. The molecule has 0 aliphatic heterocycles. The van der Waals surface area contributed by atoms with Crippen LogP contribution in [0.2, 0.25) is 0 Å². The van der Waals surface area contributed by atoms with Crippen molar-refractivity contribution in [3.8, 4) is 0 Å². The smallest absolute Gasteiger partial charge is 0.371 e. The van der Waals surface area contributed by atoms with Crippen molar-refractivity contribution in [2.75, 3.05) is 17.3 Å². The highest BCUT2D eigenvalue weighted by molar-refractivity contribution is 7.98. The Labute approximate surface area is 127 Å². The first-order valence-corrected chi connectivity index (χ1v) is 7.26. The molecule has 1 rings (SSSR count). The van der Waals surface area contributed by atoms with E-state index in [-0.39, 0.29) is 0 Å². The summed E-state index contributed by atoms with van der Waals surface area (Å²) in [6.07, 6.45) is -3.16. The molecule has 0 radical (unpaired) electrons. The van der Waals surface area contributed by atoms with E-state index in [9.17, 15) is 33.4 Å². The van der Waals surface area contributed by atoms with Crippen molar-refractivity contribution in [3.05, 3.63) is 37.9 Å². The number of benzene rings is 1. The summed E-state index contributed by atoms with van der Waals surface area (Å²) >= 11 is 1.38. The Morgan fingerprint density at radius 2 is 1.68 bits per heavy atom. The van der Waals surface area contributed by atoms with Crippen molar-refractivity contribution in [1.82, 2.24) is 0 Å². The maximum atomic E-state index is 12.7. The average Bonchev–Trinajstić information content (AvgIpc) is 2.36. The second kappa shape index (κ2) is 6.81. The highest BCUT2D eigenvalue weighted by atomic mass is 32.2. The Hall–Kier alpha value is -2.04. The fraction of sp³-hybridized carbons (Fsp3) is 0.455. The van der Waals surface area contributed by atoms with Gasteiger partial charge in [-0.1, -0.05) is 0 Å². The highest BCUT2D eigenvalue weighted by Gasteiger charge is 2.37. The Balaban J connectivity index is 3.51. The van der Waals surface area contributed by atoms with Crippen LogP contribution in [0, 0.1) is 20.2 Å². The van der Waals surface area contributed by atoms with Gasteiger partial charge in [-0.2, -0.15) is 24.9 Å². The summed E-state index contributed by atoms with van der Waals surface area (Å²) in [4.78, 5) is 19.8. The Morgan fingerprint density at radius 1 is 1.23 bits per heavy atom. The van der Waals surface area contributed by atoms with Gasteiger partial charge in [-0.05, 0) is 13.2 Å². The van der Waals surface area contributed by atoms with E-state index in [2.05, 4.69) is 5.32 Å². The second-order valence-electron chi connectivity index (χ2n) is 4.40. The number of rotatable bonds is 6. The molecule has 122 valence electrons. The number of hydrogen-bond acceptors (Lipinski definition) is 6. The van der Waals surface area contributed by atoms with E-state index in [1.54, 1.807) is 13.2 Å². The van der Waals surface area contributed by atoms with E-state index in [4.69, 9.17) is 0 Å². The molecule has 1 aromatic carbocycles. The van der Waals surface area contributed by atoms with E-state index in [1.165, 1.54) is 11.8 Å². The molecule has 0 fully saturated rings. The number of nitro benzene ring substituents is 2. The van der Waals surface area contributed by atoms with Crippen molar-refractivity contribution in [2.24, 2.45) is 0 Å². The molecule has 1 N–H and O–H groups in total. The Morgan fingerprint density at radius 3 is 2.00 bits per heavy atom. The van der Waals surface area contributed by atoms with Crippen molar-refractivity contribution in [3.63, 3.8) is 0 Å². The number of alkyl halides is 3. The lowest BCUT2D eigenvalue weighted by Gasteiger charge is -2.15. The molecule has 22 heavy (non-hydrogen) atoms. The van der Waals surface area contributed by atoms with Crippen molar-refractivity contribution >= 4 is 28.8 Å². The fourth-order valence-corrected chi connectivity index (χ4v) is 2.33. The molecule has 0 saturated heterocycles. The molecule has 1 atom stereocenters. The lowest BCUT2D eigenvalue weighted by atomic mass is 10.1. The summed E-state index contributed by atoms with van der Waals surface area (Å²) < 4.78 is 38.2. The Kier molecular flexibility index (Phi) is 5.58. The summed E-state index contributed by atoms with van der Waals surface area (Å²) in [7, 11) is 0. The van der Waals surface area contributed by atoms with E-state index in [0.717, 1.165) is 0 Å². The number of thioether (sulfide) groups is 1. The molecule has 0 aromatic heterocycles. The van der Waals surface area contributed by atoms with Crippen molar-refractivity contribution < 1.29 is 23.0 Å². The van der Waals surface area contributed by atoms with Crippen LogP contribution in [0.5, 0.6) is 0 Å². The van der Waals surface area contributed by atoms with Crippen LogP contribution >= 0.6 is 11.8 Å². The molecule has 1 aromatic rings. The molecule has 0 aliphatic rings. The molecule has 0 bridgehead atoms. The van der Waals surface area contributed by atoms with Gasteiger partial charge in [-0.25, -0.2) is 0 Å². The average molecular weight is 339 g/mol. The highest BCUT2D eigenvalue weighted by Crippen LogP contribution is 2.41. The molecule has 0 amide bonds. The van der Waals surface area contributed by atoms with Gasteiger partial charge < -0.3 is 5.32 Å². The van der Waals surface area contributed by atoms with E-state index < -0.39 is 44.7 Å². The number of nitrogens with one attached hydrogen (secondary N) is 1. The van der Waals surface area contributed by atoms with Crippen LogP contribution in [0.4, 0.5) is 30.2 Å². The summed E-state index contributed by atoms with van der Waals surface area (Å²) in [6.45, 7) is 1.61. The Bertz CT molecular complexity index is 559. The third-order valence-corrected chi connectivity index (χ3v) is 3.46. The summed E-state index contributed by atoms with van der Waals surface area (Å²) in [5.41, 5.74) is -3.91. The molecule has 0 spiro atoms. The predicted molar refractivity (Wildman–Crippen MR) is 76.2 cm³/mol. The largest absolute Gasteiger partial charge is 0.416 e. The maximum absolute atomic E-state index is 12.7. The van der Waals surface area contributed by atoms with Gasteiger partial charge >= 0.3 is 6.18 Å². The molecule has 0 heterocycles. The molecule has 1 unspecified atom stereocenters. The van der Waals surface area contributed by atoms with Crippen LogP contribution in [-0.4, -0.2) is 27.9 Å². The standard InChI is InChI=1S/C11H12F3N3O4S/c1-6(5-22-2)15-10-8(16(18)19)3-7(11(12,13)14)4-9(10)17(20)21/h3-4,6,15H,5H2,1-2H3. The molecule has 11 heteroatoms. The van der Waals surface area contributed by atoms with Crippen LogP contribution in [0.1, 0.15) is 12.5 Å². The maximum Gasteiger partial charge on any atom is 0.416 e. The lowest BCUT2D eigenvalue weighted by molar-refractivity contribution is -0.392. The van der Waals surface area contributed by atoms with E-state index in [1.807, 2.05) is 0 Å². The van der Waals surface area contributed by atoms with Crippen molar-refractivity contribution in [1.29, 1.82) is 0 Å². The molecular weight excluding hydrogens is 327 g/mol. The van der Waals surface area contributed by atoms with Gasteiger partial charge in [0.15, 0.2) is 5.69 Å². The van der Waals surface area contributed by atoms with Crippen LogP contribution in [0.15, 0.2) is 12.1 Å². The van der Waals surface area contributed by atoms with E-state index >= 15 is 0 Å². The van der Waals surface area contributed by atoms with Crippen LogP contribution in [0.3, 0.4) is 0 Å². The molecule has 7 nitrogen and oxygen atoms in total. The first-order chi connectivity index (χ1) is 10.1. The number of nitrogens with zero attached hydrogens (tertiary/aromatic N) is 2. The predicted octanol–water partition coefficient (Wildman–Crippen LogP) is 3.69. The summed E-state index contributed by atoms with van der Waals surface area (Å²) in [5, 5.41) is 24.5. The first-order valence-electron chi connectivity index (χ1n) is 5.87. The van der Waals surface area contributed by atoms with Crippen molar-refractivity contribution in [2.45, 2.75) is 19.1 Å². The lowest BCUT2D eigenvalue weighted by Crippen LogP contribution is -2.20. The quantitative estimate of drug-likeness (QED) is 0.627. The molecule has 0 aliphatic carbocycles. The number of halogens is 3. The zero-order chi connectivity index (χ0) is 17.1. The zero-order valence-corrected chi connectivity index (χ0v) is 12.3. The normalized spacial score (nSPS) is 12.8. The third kappa shape index (κ3) is 4.23. The fourth-order valence-electron chi connectivity index (χ4n) is 1.75. The zero-order valence-electron chi connectivity index (χ0n) is 11.5. The third-order valence-electron chi connectivity index (χ3n) is 2.62. The van der Waals surface area contributed by atoms with Gasteiger partial charge in [0.25, 0.3) is 11.4 Å². The summed E-state index contributed by atoms with van der Waals surface area (Å²) in [6, 6.07) is 0.187. The molecule has 0 saturated carbocycles. The number of hydrogen-bond donors (Lipinski definition) is 1. The van der Waals surface area contributed by atoms with Crippen LogP contribution < -0.4 is 5.32 Å². The van der Waals surface area contributed by atoms with Crippen LogP contribution in [-0.2, 0) is 6.18 Å². The van der Waals surface area contributed by atoms with Gasteiger partial charge in [0.2, 0.25) is 0 Å². The SMILES string of the molecule is CSCC(C)Nc1c([N+](=O)[O-])cc(C(F)(F)F)cc1[N+](=O)[O-]. The minimum absolute atomic E-state index is 0.293. The monoisotopic (exact) mass is 339 g/mol. The topological polar surface area (TPSA) is 98.3 Å². The van der Waals surface area contributed by atoms with Gasteiger partial charge in [0.1, 0.15) is 0 Å². The number of anilines is 1. The van der Waals surface area contributed by atoms with Gasteiger partial charge in [-0.15, -0.1) is 0 Å². The molecular formula is C11H12F3N3O4S. The summed E-state index contributed by atoms with van der Waals surface area (Å²) in [5.74, 6) is 0.468. The van der Waals surface area contributed by atoms with Crippen LogP contribution in [0.25, 0.3) is 0 Å². The minimum Gasteiger partial charge on any atom is -0.371 e. The second-order valence-corrected chi connectivity index (χ2v) is 5.31.